The minimum absolute atomic E-state index is 0.0323. The van der Waals surface area contributed by atoms with Gasteiger partial charge in [-0.2, -0.15) is 0 Å². The summed E-state index contributed by atoms with van der Waals surface area (Å²) in [4.78, 5) is 2.17. The molecule has 0 spiro atoms. The van der Waals surface area contributed by atoms with Crippen molar-refractivity contribution in [1.82, 2.24) is 4.90 Å². The van der Waals surface area contributed by atoms with Crippen LogP contribution in [-0.4, -0.2) is 49.0 Å². The molecule has 1 heterocycles. The lowest BCUT2D eigenvalue weighted by atomic mass is 9.93. The molecule has 1 unspecified atom stereocenters. The summed E-state index contributed by atoms with van der Waals surface area (Å²) < 4.78 is 6.38. The first-order chi connectivity index (χ1) is 9.98. The number of nitrogens with zero attached hydrogens (tertiary/aromatic N) is 1. The molecule has 21 heavy (non-hydrogen) atoms. The Hall–Kier alpha value is -0.460. The van der Waals surface area contributed by atoms with Gasteiger partial charge in [-0.3, -0.25) is 0 Å². The van der Waals surface area contributed by atoms with E-state index in [1.807, 2.05) is 19.2 Å². The number of hydrogen-bond acceptors (Lipinski definition) is 4. The van der Waals surface area contributed by atoms with Gasteiger partial charge in [-0.1, -0.05) is 28.1 Å². The van der Waals surface area contributed by atoms with E-state index in [2.05, 4.69) is 33.0 Å². The van der Waals surface area contributed by atoms with Gasteiger partial charge in [-0.25, -0.2) is 0 Å². The molecule has 1 saturated heterocycles. The maximum absolute atomic E-state index is 10.5. The average molecular weight is 357 g/mol. The normalized spacial score (nSPS) is 19.7. The highest BCUT2D eigenvalue weighted by Crippen LogP contribution is 2.22. The van der Waals surface area contributed by atoms with Crippen molar-refractivity contribution < 1.29 is 9.84 Å². The molecule has 0 bridgehead atoms. The van der Waals surface area contributed by atoms with Gasteiger partial charge in [0.1, 0.15) is 0 Å². The number of rotatable bonds is 6. The average Bonchev–Trinajstić information content (AvgIpc) is 2.46. The van der Waals surface area contributed by atoms with Crippen molar-refractivity contribution in [2.24, 2.45) is 5.73 Å². The van der Waals surface area contributed by atoms with Gasteiger partial charge in [0.2, 0.25) is 0 Å². The van der Waals surface area contributed by atoms with Crippen LogP contribution in [-0.2, 0) is 4.74 Å². The molecule has 1 aromatic carbocycles. The van der Waals surface area contributed by atoms with E-state index in [4.69, 9.17) is 10.5 Å². The van der Waals surface area contributed by atoms with Crippen LogP contribution < -0.4 is 5.73 Å². The van der Waals surface area contributed by atoms with E-state index < -0.39 is 5.60 Å². The molecule has 4 nitrogen and oxygen atoms in total. The summed E-state index contributed by atoms with van der Waals surface area (Å²) in [7, 11) is 2.04. The zero-order valence-corrected chi connectivity index (χ0v) is 14.2. The summed E-state index contributed by atoms with van der Waals surface area (Å²) in [5, 5.41) is 10.5. The lowest BCUT2D eigenvalue weighted by Crippen LogP contribution is -2.46. The van der Waals surface area contributed by atoms with E-state index in [1.165, 1.54) is 0 Å². The molecular weight excluding hydrogens is 332 g/mol. The van der Waals surface area contributed by atoms with Gasteiger partial charge in [-0.15, -0.1) is 0 Å². The summed E-state index contributed by atoms with van der Waals surface area (Å²) in [6, 6.07) is 8.18. The van der Waals surface area contributed by atoms with Crippen LogP contribution in [0.3, 0.4) is 0 Å². The topological polar surface area (TPSA) is 58.7 Å². The van der Waals surface area contributed by atoms with E-state index >= 15 is 0 Å². The van der Waals surface area contributed by atoms with Gasteiger partial charge in [0.05, 0.1) is 5.60 Å². The number of ether oxygens (including phenoxy) is 1. The minimum atomic E-state index is -0.602. The van der Waals surface area contributed by atoms with E-state index in [1.54, 1.807) is 0 Å². The summed E-state index contributed by atoms with van der Waals surface area (Å²) in [5.41, 5.74) is 6.78. The predicted octanol–water partition coefficient (Wildman–Crippen LogP) is 2.31. The monoisotopic (exact) mass is 356 g/mol. The van der Waals surface area contributed by atoms with Crippen molar-refractivity contribution in [2.75, 3.05) is 33.4 Å². The Labute approximate surface area is 135 Å². The van der Waals surface area contributed by atoms with E-state index in [-0.39, 0.29) is 6.04 Å². The molecule has 1 aliphatic rings. The number of hydrogen-bond donors (Lipinski definition) is 2. The third-order valence-corrected chi connectivity index (χ3v) is 4.64. The lowest BCUT2D eigenvalue weighted by molar-refractivity contribution is -0.0770. The molecule has 0 radical (unpaired) electrons. The van der Waals surface area contributed by atoms with Crippen LogP contribution in [0.1, 0.15) is 30.9 Å². The number of halogens is 1. The second-order valence-electron chi connectivity index (χ2n) is 6.02. The number of nitrogens with two attached hydrogens (primary N) is 1. The van der Waals surface area contributed by atoms with E-state index in [0.29, 0.717) is 19.8 Å². The van der Waals surface area contributed by atoms with Gasteiger partial charge < -0.3 is 20.5 Å². The van der Waals surface area contributed by atoms with Crippen molar-refractivity contribution in [3.8, 4) is 0 Å². The number of likely N-dealkylation sites (N-methyl/N-ethyl adjacent to an activating group) is 1. The third kappa shape index (κ3) is 5.34. The SMILES string of the molecule is CN(CCC(N)c1ccc(Br)cc1)CC1(O)CCOCC1. The van der Waals surface area contributed by atoms with Crippen LogP contribution in [0.25, 0.3) is 0 Å². The van der Waals surface area contributed by atoms with Crippen molar-refractivity contribution in [3.63, 3.8) is 0 Å². The van der Waals surface area contributed by atoms with Gasteiger partial charge in [-0.05, 0) is 37.7 Å². The third-order valence-electron chi connectivity index (χ3n) is 4.11. The summed E-state index contributed by atoms with van der Waals surface area (Å²) in [6.45, 7) is 2.87. The number of benzene rings is 1. The Morgan fingerprint density at radius 1 is 1.33 bits per heavy atom. The Morgan fingerprint density at radius 3 is 2.57 bits per heavy atom. The van der Waals surface area contributed by atoms with Crippen LogP contribution in [0, 0.1) is 0 Å². The van der Waals surface area contributed by atoms with E-state index in [0.717, 1.165) is 35.8 Å². The van der Waals surface area contributed by atoms with Gasteiger partial charge in [0.25, 0.3) is 0 Å². The summed E-state index contributed by atoms with van der Waals surface area (Å²) >= 11 is 3.43. The van der Waals surface area contributed by atoms with Gasteiger partial charge in [0, 0.05) is 43.1 Å². The molecule has 1 aromatic rings. The van der Waals surface area contributed by atoms with Crippen molar-refractivity contribution in [3.05, 3.63) is 34.3 Å². The maximum Gasteiger partial charge on any atom is 0.0817 e. The fourth-order valence-electron chi connectivity index (χ4n) is 2.73. The second-order valence-corrected chi connectivity index (χ2v) is 6.94. The van der Waals surface area contributed by atoms with Gasteiger partial charge in [0.15, 0.2) is 0 Å². The highest BCUT2D eigenvalue weighted by molar-refractivity contribution is 9.10. The first-order valence-electron chi connectivity index (χ1n) is 7.48. The zero-order valence-electron chi connectivity index (χ0n) is 12.6. The van der Waals surface area contributed by atoms with Crippen LogP contribution in [0.2, 0.25) is 0 Å². The molecule has 118 valence electrons. The second kappa shape index (κ2) is 7.70. The molecule has 1 fully saturated rings. The molecule has 5 heteroatoms. The largest absolute Gasteiger partial charge is 0.388 e. The Balaban J connectivity index is 1.77. The van der Waals surface area contributed by atoms with Crippen molar-refractivity contribution in [2.45, 2.75) is 30.9 Å². The summed E-state index contributed by atoms with van der Waals surface area (Å²) in [5.74, 6) is 0. The van der Waals surface area contributed by atoms with Crippen LogP contribution in [0.15, 0.2) is 28.7 Å². The van der Waals surface area contributed by atoms with Crippen molar-refractivity contribution in [1.29, 1.82) is 0 Å². The molecule has 3 N–H and O–H groups in total. The molecule has 0 amide bonds. The Kier molecular flexibility index (Phi) is 6.20. The van der Waals surface area contributed by atoms with E-state index in [9.17, 15) is 5.11 Å². The quantitative estimate of drug-likeness (QED) is 0.820. The molecule has 0 saturated carbocycles. The zero-order chi connectivity index (χ0) is 15.3. The Bertz CT molecular complexity index is 432. The predicted molar refractivity (Wildman–Crippen MR) is 88.2 cm³/mol. The minimum Gasteiger partial charge on any atom is -0.388 e. The first-order valence-corrected chi connectivity index (χ1v) is 8.27. The summed E-state index contributed by atoms with van der Waals surface area (Å²) in [6.07, 6.45) is 2.32. The lowest BCUT2D eigenvalue weighted by Gasteiger charge is -2.35. The smallest absolute Gasteiger partial charge is 0.0817 e. The fourth-order valence-corrected chi connectivity index (χ4v) is 2.99. The first kappa shape index (κ1) is 16.9. The van der Waals surface area contributed by atoms with Gasteiger partial charge >= 0.3 is 0 Å². The van der Waals surface area contributed by atoms with Crippen LogP contribution in [0.5, 0.6) is 0 Å². The van der Waals surface area contributed by atoms with Crippen molar-refractivity contribution >= 4 is 15.9 Å². The highest BCUT2D eigenvalue weighted by Gasteiger charge is 2.30. The molecule has 1 aliphatic heterocycles. The standard InChI is InChI=1S/C16H25BrN2O2/c1-19(12-16(20)7-10-21-11-8-16)9-6-15(18)13-2-4-14(17)5-3-13/h2-5,15,20H,6-12,18H2,1H3. The fraction of sp³-hybridized carbons (Fsp3) is 0.625. The molecule has 2 rings (SSSR count). The molecular formula is C16H25BrN2O2. The molecule has 1 atom stereocenters. The maximum atomic E-state index is 10.5. The molecule has 0 aliphatic carbocycles. The van der Waals surface area contributed by atoms with Crippen LogP contribution >= 0.6 is 15.9 Å². The highest BCUT2D eigenvalue weighted by atomic mass is 79.9. The number of aliphatic hydroxyl groups is 1. The Morgan fingerprint density at radius 2 is 1.95 bits per heavy atom. The van der Waals surface area contributed by atoms with Crippen LogP contribution in [0.4, 0.5) is 0 Å². The molecule has 0 aromatic heterocycles.